The standard InChI is InChI=1S/C13H18N4O/c1-8(2)9-4-5-10(12(6-9)18-3)11-7-17(15)13(14)16-11/h4-8H,15H2,1-3H3,(H2,14,16). The molecular weight excluding hydrogens is 228 g/mol. The number of aromatic nitrogens is 2. The Morgan fingerprint density at radius 3 is 2.56 bits per heavy atom. The molecule has 0 fully saturated rings. The zero-order valence-electron chi connectivity index (χ0n) is 10.8. The third-order valence-electron chi connectivity index (χ3n) is 2.93. The van der Waals surface area contributed by atoms with Gasteiger partial charge in [0.1, 0.15) is 5.75 Å². The second kappa shape index (κ2) is 4.60. The molecule has 4 N–H and O–H groups in total. The van der Waals surface area contributed by atoms with Crippen molar-refractivity contribution in [1.82, 2.24) is 9.66 Å². The first-order valence-electron chi connectivity index (χ1n) is 5.81. The minimum absolute atomic E-state index is 0.278. The van der Waals surface area contributed by atoms with Crippen LogP contribution in [0.25, 0.3) is 11.3 Å². The van der Waals surface area contributed by atoms with Crippen LogP contribution >= 0.6 is 0 Å². The third kappa shape index (κ3) is 2.11. The monoisotopic (exact) mass is 246 g/mol. The summed E-state index contributed by atoms with van der Waals surface area (Å²) in [5, 5.41) is 0. The highest BCUT2D eigenvalue weighted by Crippen LogP contribution is 2.32. The van der Waals surface area contributed by atoms with Gasteiger partial charge in [-0.05, 0) is 23.6 Å². The molecule has 1 aromatic heterocycles. The maximum absolute atomic E-state index is 5.64. The smallest absolute Gasteiger partial charge is 0.219 e. The van der Waals surface area contributed by atoms with E-state index in [4.69, 9.17) is 16.3 Å². The second-order valence-corrected chi connectivity index (χ2v) is 4.51. The lowest BCUT2D eigenvalue weighted by atomic mass is 10.00. The molecule has 0 saturated heterocycles. The summed E-state index contributed by atoms with van der Waals surface area (Å²) in [6.07, 6.45) is 1.68. The number of anilines is 1. The van der Waals surface area contributed by atoms with E-state index in [0.29, 0.717) is 11.6 Å². The first kappa shape index (κ1) is 12.3. The number of hydrogen-bond acceptors (Lipinski definition) is 4. The lowest BCUT2D eigenvalue weighted by molar-refractivity contribution is 0.415. The summed E-state index contributed by atoms with van der Waals surface area (Å²) in [5.74, 6) is 7.14. The summed E-state index contributed by atoms with van der Waals surface area (Å²) >= 11 is 0. The molecule has 0 bridgehead atoms. The van der Waals surface area contributed by atoms with Gasteiger partial charge in [0.2, 0.25) is 5.95 Å². The largest absolute Gasteiger partial charge is 0.496 e. The summed E-state index contributed by atoms with van der Waals surface area (Å²) in [7, 11) is 1.64. The van der Waals surface area contributed by atoms with Crippen LogP contribution in [-0.4, -0.2) is 16.8 Å². The summed E-state index contributed by atoms with van der Waals surface area (Å²) < 4.78 is 6.71. The number of nitrogen functional groups attached to an aromatic ring is 2. The zero-order valence-corrected chi connectivity index (χ0v) is 10.8. The molecule has 5 nitrogen and oxygen atoms in total. The highest BCUT2D eigenvalue weighted by molar-refractivity contribution is 5.68. The topological polar surface area (TPSA) is 79.1 Å². The van der Waals surface area contributed by atoms with E-state index in [1.807, 2.05) is 12.1 Å². The Labute approximate surface area is 106 Å². The molecule has 0 unspecified atom stereocenters. The minimum Gasteiger partial charge on any atom is -0.496 e. The number of nitrogens with two attached hydrogens (primary N) is 2. The molecule has 5 heteroatoms. The van der Waals surface area contributed by atoms with Crippen LogP contribution < -0.4 is 16.3 Å². The van der Waals surface area contributed by atoms with Crippen LogP contribution in [-0.2, 0) is 0 Å². The van der Waals surface area contributed by atoms with Gasteiger partial charge in [-0.15, -0.1) is 0 Å². The number of ether oxygens (including phenoxy) is 1. The van der Waals surface area contributed by atoms with Crippen LogP contribution in [0.3, 0.4) is 0 Å². The number of imidazole rings is 1. The number of benzene rings is 1. The van der Waals surface area contributed by atoms with Crippen LogP contribution in [0.4, 0.5) is 5.95 Å². The Bertz CT molecular complexity index is 541. The molecule has 0 amide bonds. The van der Waals surface area contributed by atoms with E-state index in [2.05, 4.69) is 24.9 Å². The van der Waals surface area contributed by atoms with E-state index >= 15 is 0 Å². The van der Waals surface area contributed by atoms with Crippen molar-refractivity contribution >= 4 is 5.95 Å². The van der Waals surface area contributed by atoms with Crippen LogP contribution in [0.5, 0.6) is 5.75 Å². The fourth-order valence-corrected chi connectivity index (χ4v) is 1.82. The summed E-state index contributed by atoms with van der Waals surface area (Å²) in [5.41, 5.74) is 8.45. The average molecular weight is 246 g/mol. The quantitative estimate of drug-likeness (QED) is 0.812. The zero-order chi connectivity index (χ0) is 13.3. The van der Waals surface area contributed by atoms with Crippen molar-refractivity contribution in [3.63, 3.8) is 0 Å². The normalized spacial score (nSPS) is 10.9. The molecule has 0 aliphatic rings. The minimum atomic E-state index is 0.278. The Morgan fingerprint density at radius 1 is 1.33 bits per heavy atom. The molecule has 0 atom stereocenters. The molecule has 0 aliphatic heterocycles. The number of methoxy groups -OCH3 is 1. The van der Waals surface area contributed by atoms with Crippen LogP contribution in [0, 0.1) is 0 Å². The molecule has 0 radical (unpaired) electrons. The van der Waals surface area contributed by atoms with Gasteiger partial charge in [-0.3, -0.25) is 0 Å². The van der Waals surface area contributed by atoms with E-state index in [1.54, 1.807) is 13.3 Å². The number of hydrogen-bond donors (Lipinski definition) is 2. The molecule has 0 saturated carbocycles. The van der Waals surface area contributed by atoms with Crippen molar-refractivity contribution in [2.45, 2.75) is 19.8 Å². The predicted octanol–water partition coefficient (Wildman–Crippen LogP) is 1.98. The maximum Gasteiger partial charge on any atom is 0.219 e. The van der Waals surface area contributed by atoms with Gasteiger partial charge >= 0.3 is 0 Å². The molecule has 2 aromatic rings. The molecule has 96 valence electrons. The highest BCUT2D eigenvalue weighted by Gasteiger charge is 2.12. The van der Waals surface area contributed by atoms with Crippen molar-refractivity contribution in [1.29, 1.82) is 0 Å². The van der Waals surface area contributed by atoms with Gasteiger partial charge < -0.3 is 16.3 Å². The van der Waals surface area contributed by atoms with Crippen molar-refractivity contribution in [3.8, 4) is 17.0 Å². The fraction of sp³-hybridized carbons (Fsp3) is 0.308. The second-order valence-electron chi connectivity index (χ2n) is 4.51. The predicted molar refractivity (Wildman–Crippen MR) is 72.9 cm³/mol. The SMILES string of the molecule is COc1cc(C(C)C)ccc1-c1cn(N)c(N)n1. The molecule has 0 spiro atoms. The molecule has 18 heavy (non-hydrogen) atoms. The first-order valence-corrected chi connectivity index (χ1v) is 5.81. The van der Waals surface area contributed by atoms with Gasteiger partial charge in [0.05, 0.1) is 19.0 Å². The van der Waals surface area contributed by atoms with Crippen molar-refractivity contribution in [2.24, 2.45) is 0 Å². The Hall–Kier alpha value is -2.17. The molecule has 2 rings (SSSR count). The maximum atomic E-state index is 5.64. The van der Waals surface area contributed by atoms with Gasteiger partial charge in [-0.1, -0.05) is 19.9 Å². The van der Waals surface area contributed by atoms with Crippen molar-refractivity contribution in [2.75, 3.05) is 18.7 Å². The first-order chi connectivity index (χ1) is 8.52. The Morgan fingerprint density at radius 2 is 2.06 bits per heavy atom. The summed E-state index contributed by atoms with van der Waals surface area (Å²) in [6, 6.07) is 6.07. The average Bonchev–Trinajstić information content (AvgIpc) is 2.68. The van der Waals surface area contributed by atoms with E-state index in [9.17, 15) is 0 Å². The van der Waals surface area contributed by atoms with Gasteiger partial charge in [-0.2, -0.15) is 0 Å². The fourth-order valence-electron chi connectivity index (χ4n) is 1.82. The van der Waals surface area contributed by atoms with E-state index < -0.39 is 0 Å². The van der Waals surface area contributed by atoms with E-state index in [1.165, 1.54) is 10.2 Å². The molecule has 0 aliphatic carbocycles. The van der Waals surface area contributed by atoms with Gasteiger partial charge in [0.15, 0.2) is 0 Å². The van der Waals surface area contributed by atoms with Gasteiger partial charge in [-0.25, -0.2) is 9.66 Å². The van der Waals surface area contributed by atoms with Crippen LogP contribution in [0.15, 0.2) is 24.4 Å². The third-order valence-corrected chi connectivity index (χ3v) is 2.93. The molecule has 1 heterocycles. The lowest BCUT2D eigenvalue weighted by Gasteiger charge is -2.11. The molecule has 1 aromatic carbocycles. The number of nitrogens with zero attached hydrogens (tertiary/aromatic N) is 2. The Kier molecular flexibility index (Phi) is 3.14. The summed E-state index contributed by atoms with van der Waals surface area (Å²) in [4.78, 5) is 4.20. The van der Waals surface area contributed by atoms with Gasteiger partial charge in [0.25, 0.3) is 0 Å². The van der Waals surface area contributed by atoms with Crippen molar-refractivity contribution < 1.29 is 4.74 Å². The van der Waals surface area contributed by atoms with E-state index in [0.717, 1.165) is 11.3 Å². The molecular formula is C13H18N4O. The van der Waals surface area contributed by atoms with Crippen LogP contribution in [0.2, 0.25) is 0 Å². The lowest BCUT2D eigenvalue weighted by Crippen LogP contribution is -2.09. The number of rotatable bonds is 3. The van der Waals surface area contributed by atoms with Crippen molar-refractivity contribution in [3.05, 3.63) is 30.0 Å². The Balaban J connectivity index is 2.50. The summed E-state index contributed by atoms with van der Waals surface area (Å²) in [6.45, 7) is 4.28. The van der Waals surface area contributed by atoms with Gasteiger partial charge in [0, 0.05) is 5.56 Å². The van der Waals surface area contributed by atoms with E-state index in [-0.39, 0.29) is 5.95 Å². The highest BCUT2D eigenvalue weighted by atomic mass is 16.5. The van der Waals surface area contributed by atoms with Crippen LogP contribution in [0.1, 0.15) is 25.3 Å².